The third-order valence-electron chi connectivity index (χ3n) is 3.64. The van der Waals surface area contributed by atoms with Gasteiger partial charge in [-0.05, 0) is 19.9 Å². The van der Waals surface area contributed by atoms with Crippen molar-refractivity contribution in [3.63, 3.8) is 0 Å². The number of ether oxygens (including phenoxy) is 1. The molecule has 4 atom stereocenters. The fraction of sp³-hybridized carbons (Fsp3) is 0.636. The minimum atomic E-state index is -2.28. The number of nitrogen functional groups attached to an aromatic ring is 1. The smallest absolute Gasteiger partial charge is 0.351 e. The van der Waals surface area contributed by atoms with Crippen molar-refractivity contribution in [2.75, 3.05) is 12.3 Å². The van der Waals surface area contributed by atoms with Gasteiger partial charge in [0.05, 0.1) is 6.61 Å². The second kappa shape index (κ2) is 4.26. The van der Waals surface area contributed by atoms with Crippen LogP contribution in [-0.4, -0.2) is 43.7 Å². The van der Waals surface area contributed by atoms with Crippen LogP contribution >= 0.6 is 0 Å². The Morgan fingerprint density at radius 2 is 2.26 bits per heavy atom. The number of aromatic nitrogens is 2. The van der Waals surface area contributed by atoms with Gasteiger partial charge in [0.2, 0.25) is 0 Å². The fourth-order valence-electron chi connectivity index (χ4n) is 2.13. The minimum absolute atomic E-state index is 0.00489. The molecule has 19 heavy (non-hydrogen) atoms. The Morgan fingerprint density at radius 3 is 2.74 bits per heavy atom. The van der Waals surface area contributed by atoms with E-state index in [4.69, 9.17) is 15.6 Å². The van der Waals surface area contributed by atoms with Gasteiger partial charge >= 0.3 is 5.69 Å². The lowest BCUT2D eigenvalue weighted by Crippen LogP contribution is -2.52. The zero-order chi connectivity index (χ0) is 14.4. The number of aliphatic hydroxyl groups is 2. The molecule has 1 aliphatic heterocycles. The van der Waals surface area contributed by atoms with Crippen molar-refractivity contribution in [1.29, 1.82) is 0 Å². The topological polar surface area (TPSA) is 111 Å². The van der Waals surface area contributed by atoms with Crippen LogP contribution in [0.1, 0.15) is 20.1 Å². The normalized spacial score (nSPS) is 38.6. The highest BCUT2D eigenvalue weighted by atomic mass is 19.1. The quantitative estimate of drug-likeness (QED) is 0.650. The number of hydrogen-bond donors (Lipinski definition) is 3. The van der Waals surface area contributed by atoms with Crippen LogP contribution in [0.15, 0.2) is 17.1 Å². The lowest BCUT2D eigenvalue weighted by molar-refractivity contribution is -0.0892. The summed E-state index contributed by atoms with van der Waals surface area (Å²) < 4.78 is 20.9. The summed E-state index contributed by atoms with van der Waals surface area (Å²) in [6.07, 6.45) is -1.29. The lowest BCUT2D eigenvalue weighted by Gasteiger charge is -2.32. The molecule has 1 aromatic heterocycles. The molecule has 0 bridgehead atoms. The lowest BCUT2D eigenvalue weighted by atomic mass is 9.85. The molecule has 8 heteroatoms. The van der Waals surface area contributed by atoms with E-state index in [1.807, 2.05) is 0 Å². The summed E-state index contributed by atoms with van der Waals surface area (Å²) in [5.74, 6) is 0.00489. The Bertz CT molecular complexity index is 543. The summed E-state index contributed by atoms with van der Waals surface area (Å²) in [5.41, 5.74) is 0.350. The van der Waals surface area contributed by atoms with E-state index in [9.17, 15) is 14.3 Å². The molecule has 7 nitrogen and oxygen atoms in total. The zero-order valence-electron chi connectivity index (χ0n) is 10.6. The predicted octanol–water partition coefficient (Wildman–Crippen LogP) is -0.806. The number of halogens is 1. The highest BCUT2D eigenvalue weighted by molar-refractivity contribution is 5.24. The molecule has 1 aromatic rings. The largest absolute Gasteiger partial charge is 0.394 e. The highest BCUT2D eigenvalue weighted by Gasteiger charge is 2.63. The van der Waals surface area contributed by atoms with Gasteiger partial charge in [0, 0.05) is 6.20 Å². The number of anilines is 1. The van der Waals surface area contributed by atoms with Crippen LogP contribution in [0.5, 0.6) is 0 Å². The van der Waals surface area contributed by atoms with Crippen LogP contribution < -0.4 is 11.4 Å². The molecule has 0 spiro atoms. The molecule has 0 unspecified atom stereocenters. The van der Waals surface area contributed by atoms with E-state index in [0.717, 1.165) is 11.5 Å². The highest BCUT2D eigenvalue weighted by Crippen LogP contribution is 2.47. The zero-order valence-corrected chi connectivity index (χ0v) is 10.6. The molecular weight excluding hydrogens is 257 g/mol. The van der Waals surface area contributed by atoms with Crippen LogP contribution in [0.2, 0.25) is 0 Å². The molecule has 106 valence electrons. The van der Waals surface area contributed by atoms with Crippen LogP contribution in [0.4, 0.5) is 10.2 Å². The second-order valence-corrected chi connectivity index (χ2v) is 4.93. The van der Waals surface area contributed by atoms with Crippen LogP contribution in [0.3, 0.4) is 0 Å². The summed E-state index contributed by atoms with van der Waals surface area (Å²) in [6.45, 7) is 1.75. The van der Waals surface area contributed by atoms with Gasteiger partial charge in [-0.2, -0.15) is 4.98 Å². The third kappa shape index (κ3) is 1.92. The molecule has 1 saturated heterocycles. The summed E-state index contributed by atoms with van der Waals surface area (Å²) in [4.78, 5) is 15.2. The number of aliphatic hydroxyl groups excluding tert-OH is 1. The van der Waals surface area contributed by atoms with E-state index in [1.54, 1.807) is 0 Å². The molecule has 4 N–H and O–H groups in total. The number of nitrogens with zero attached hydrogens (tertiary/aromatic N) is 2. The molecular formula is C11H16FN3O4. The molecule has 0 saturated carbocycles. The third-order valence-corrected chi connectivity index (χ3v) is 3.64. The first-order chi connectivity index (χ1) is 8.71. The second-order valence-electron chi connectivity index (χ2n) is 4.93. The number of alkyl halides is 1. The molecule has 0 aliphatic carbocycles. The molecule has 0 aromatic carbocycles. The predicted molar refractivity (Wildman–Crippen MR) is 64.0 cm³/mol. The van der Waals surface area contributed by atoms with Crippen molar-refractivity contribution in [3.8, 4) is 0 Å². The first-order valence-corrected chi connectivity index (χ1v) is 5.74. The van der Waals surface area contributed by atoms with Crippen molar-refractivity contribution in [2.45, 2.75) is 37.4 Å². The Hall–Kier alpha value is -1.51. The summed E-state index contributed by atoms with van der Waals surface area (Å²) in [6, 6.07) is 1.32. The van der Waals surface area contributed by atoms with Gasteiger partial charge in [-0.1, -0.05) is 0 Å². The Labute approximate surface area is 108 Å². The maximum Gasteiger partial charge on any atom is 0.351 e. The van der Waals surface area contributed by atoms with E-state index >= 15 is 0 Å². The van der Waals surface area contributed by atoms with Gasteiger partial charge in [-0.15, -0.1) is 0 Å². The van der Waals surface area contributed by atoms with Gasteiger partial charge in [0.15, 0.2) is 11.9 Å². The molecule has 0 radical (unpaired) electrons. The Morgan fingerprint density at radius 1 is 1.63 bits per heavy atom. The molecule has 1 aliphatic rings. The van der Waals surface area contributed by atoms with E-state index in [-0.39, 0.29) is 5.82 Å². The first kappa shape index (κ1) is 13.9. The maximum atomic E-state index is 14.8. The average Bonchev–Trinajstić information content (AvgIpc) is 2.47. The van der Waals surface area contributed by atoms with Crippen molar-refractivity contribution >= 4 is 5.82 Å². The van der Waals surface area contributed by atoms with Crippen LogP contribution in [0.25, 0.3) is 0 Å². The summed E-state index contributed by atoms with van der Waals surface area (Å²) in [5, 5.41) is 19.3. The molecule has 1 fully saturated rings. The average molecular weight is 273 g/mol. The summed E-state index contributed by atoms with van der Waals surface area (Å²) >= 11 is 0. The van der Waals surface area contributed by atoms with Crippen molar-refractivity contribution in [3.05, 3.63) is 22.7 Å². The number of hydrogen-bond acceptors (Lipinski definition) is 6. The van der Waals surface area contributed by atoms with Crippen molar-refractivity contribution < 1.29 is 19.3 Å². The van der Waals surface area contributed by atoms with Crippen LogP contribution in [-0.2, 0) is 4.74 Å². The number of rotatable bonds is 2. The van der Waals surface area contributed by atoms with Gasteiger partial charge in [-0.25, -0.2) is 9.18 Å². The standard InChI is InChI=1S/C11H16FN3O4/c1-10(12)8(19-6(5-16)11(10,2)18)15-4-3-7(13)14-9(15)17/h3-4,6,8,16,18H,5H2,1-2H3,(H2,13,14,17)/t6-,8+,10+,11+/m0/s1. The van der Waals surface area contributed by atoms with E-state index in [1.165, 1.54) is 19.2 Å². The van der Waals surface area contributed by atoms with Gasteiger partial charge < -0.3 is 20.7 Å². The van der Waals surface area contributed by atoms with E-state index < -0.39 is 35.9 Å². The van der Waals surface area contributed by atoms with Crippen molar-refractivity contribution in [2.24, 2.45) is 0 Å². The molecule has 0 amide bonds. The van der Waals surface area contributed by atoms with Gasteiger partial charge in [-0.3, -0.25) is 4.57 Å². The summed E-state index contributed by atoms with van der Waals surface area (Å²) in [7, 11) is 0. The first-order valence-electron chi connectivity index (χ1n) is 5.74. The van der Waals surface area contributed by atoms with E-state index in [2.05, 4.69) is 4.98 Å². The minimum Gasteiger partial charge on any atom is -0.394 e. The Balaban J connectivity index is 2.49. The SMILES string of the molecule is C[C@@]1(O)[C@H](CO)O[C@@H](n2ccc(N)nc2=O)[C@@]1(C)F. The maximum absolute atomic E-state index is 14.8. The van der Waals surface area contributed by atoms with Gasteiger partial charge in [0.1, 0.15) is 17.5 Å². The van der Waals surface area contributed by atoms with Gasteiger partial charge in [0.25, 0.3) is 0 Å². The molecule has 2 heterocycles. The fourth-order valence-corrected chi connectivity index (χ4v) is 2.13. The van der Waals surface area contributed by atoms with Crippen LogP contribution in [0, 0.1) is 0 Å². The monoisotopic (exact) mass is 273 g/mol. The number of nitrogens with two attached hydrogens (primary N) is 1. The Kier molecular flexibility index (Phi) is 3.12. The molecule has 2 rings (SSSR count). The van der Waals surface area contributed by atoms with Crippen molar-refractivity contribution in [1.82, 2.24) is 9.55 Å². The van der Waals surface area contributed by atoms with E-state index in [0.29, 0.717) is 0 Å².